The molecule has 2 N–H and O–H groups in total. The predicted octanol–water partition coefficient (Wildman–Crippen LogP) is 3.20. The second-order valence-electron chi connectivity index (χ2n) is 5.22. The molecular formula is C17H16BrN3O2. The van der Waals surface area contributed by atoms with Gasteiger partial charge >= 0.3 is 0 Å². The highest BCUT2D eigenvalue weighted by Crippen LogP contribution is 2.17. The molecule has 0 fully saturated rings. The molecule has 1 heterocycles. The van der Waals surface area contributed by atoms with E-state index in [0.717, 1.165) is 15.7 Å². The lowest BCUT2D eigenvalue weighted by Gasteiger charge is -2.11. The summed E-state index contributed by atoms with van der Waals surface area (Å²) in [5.41, 5.74) is 2.63. The Morgan fingerprint density at radius 2 is 1.96 bits per heavy atom. The monoisotopic (exact) mass is 373 g/mol. The minimum atomic E-state index is -0.384. The first-order valence-electron chi connectivity index (χ1n) is 7.10. The van der Waals surface area contributed by atoms with Crippen molar-refractivity contribution in [1.29, 1.82) is 5.26 Å². The number of H-pyrrole nitrogens is 1. The Morgan fingerprint density at radius 1 is 1.30 bits per heavy atom. The van der Waals surface area contributed by atoms with E-state index < -0.39 is 0 Å². The lowest BCUT2D eigenvalue weighted by molar-refractivity contribution is -0.116. The van der Waals surface area contributed by atoms with Crippen molar-refractivity contribution in [1.82, 2.24) is 4.98 Å². The first kappa shape index (κ1) is 17.0. The molecule has 23 heavy (non-hydrogen) atoms. The molecular weight excluding hydrogens is 358 g/mol. The number of aromatic nitrogens is 1. The molecule has 2 rings (SSSR count). The van der Waals surface area contributed by atoms with Crippen LogP contribution < -0.4 is 10.9 Å². The van der Waals surface area contributed by atoms with Crippen LogP contribution in [0.3, 0.4) is 0 Å². The molecule has 0 unspecified atom stereocenters. The third-order valence-electron chi connectivity index (χ3n) is 3.65. The Hall–Kier alpha value is -2.39. The van der Waals surface area contributed by atoms with Crippen LogP contribution in [0.5, 0.6) is 0 Å². The summed E-state index contributed by atoms with van der Waals surface area (Å²) in [5, 5.41) is 11.9. The van der Waals surface area contributed by atoms with Crippen LogP contribution in [0.4, 0.5) is 5.69 Å². The highest BCUT2D eigenvalue weighted by Gasteiger charge is 2.13. The van der Waals surface area contributed by atoms with E-state index >= 15 is 0 Å². The number of pyridine rings is 1. The van der Waals surface area contributed by atoms with Gasteiger partial charge in [-0.25, -0.2) is 0 Å². The largest absolute Gasteiger partial charge is 0.326 e. The van der Waals surface area contributed by atoms with Gasteiger partial charge in [-0.1, -0.05) is 15.9 Å². The van der Waals surface area contributed by atoms with E-state index in [2.05, 4.69) is 26.2 Å². The molecule has 1 aromatic heterocycles. The molecule has 0 bridgehead atoms. The van der Waals surface area contributed by atoms with E-state index in [4.69, 9.17) is 5.26 Å². The van der Waals surface area contributed by atoms with Gasteiger partial charge in [0.2, 0.25) is 5.91 Å². The van der Waals surface area contributed by atoms with Crippen molar-refractivity contribution < 1.29 is 4.79 Å². The fraction of sp³-hybridized carbons (Fsp3) is 0.235. The Balaban J connectivity index is 2.09. The number of aromatic amines is 1. The number of aryl methyl sites for hydroxylation is 1. The topological polar surface area (TPSA) is 85.8 Å². The van der Waals surface area contributed by atoms with E-state index in [1.807, 2.05) is 30.3 Å². The van der Waals surface area contributed by atoms with Gasteiger partial charge in [-0.15, -0.1) is 0 Å². The molecule has 2 aromatic rings. The number of nitrogens with one attached hydrogen (secondary N) is 2. The first-order chi connectivity index (χ1) is 10.9. The van der Waals surface area contributed by atoms with E-state index in [1.54, 1.807) is 13.8 Å². The lowest BCUT2D eigenvalue weighted by atomic mass is 9.99. The molecule has 0 aliphatic rings. The highest BCUT2D eigenvalue weighted by molar-refractivity contribution is 9.10. The van der Waals surface area contributed by atoms with Gasteiger partial charge in [-0.05, 0) is 55.7 Å². The Bertz CT molecular complexity index is 833. The second-order valence-corrected chi connectivity index (χ2v) is 6.14. The summed E-state index contributed by atoms with van der Waals surface area (Å²) in [6, 6.07) is 9.24. The molecule has 0 spiro atoms. The molecule has 0 atom stereocenters. The van der Waals surface area contributed by atoms with Gasteiger partial charge in [0.15, 0.2) is 0 Å². The van der Waals surface area contributed by atoms with Gasteiger partial charge in [-0.3, -0.25) is 9.59 Å². The number of rotatable bonds is 4. The molecule has 0 saturated heterocycles. The van der Waals surface area contributed by atoms with Gasteiger partial charge in [0.25, 0.3) is 5.56 Å². The quantitative estimate of drug-likeness (QED) is 0.862. The molecule has 118 valence electrons. The molecule has 5 nitrogen and oxygen atoms in total. The first-order valence-corrected chi connectivity index (χ1v) is 7.89. The van der Waals surface area contributed by atoms with Crippen molar-refractivity contribution in [3.63, 3.8) is 0 Å². The van der Waals surface area contributed by atoms with Gasteiger partial charge in [0, 0.05) is 22.3 Å². The van der Waals surface area contributed by atoms with Gasteiger partial charge in [0.1, 0.15) is 11.6 Å². The van der Waals surface area contributed by atoms with E-state index in [1.165, 1.54) is 0 Å². The highest BCUT2D eigenvalue weighted by atomic mass is 79.9. The number of anilines is 1. The van der Waals surface area contributed by atoms with Crippen LogP contribution >= 0.6 is 15.9 Å². The Labute approximate surface area is 142 Å². The molecule has 1 amide bonds. The second kappa shape index (κ2) is 7.25. The summed E-state index contributed by atoms with van der Waals surface area (Å²) in [4.78, 5) is 26.4. The predicted molar refractivity (Wildman–Crippen MR) is 92.3 cm³/mol. The summed E-state index contributed by atoms with van der Waals surface area (Å²) < 4.78 is 0.944. The minimum absolute atomic E-state index is 0.110. The number of hydrogen-bond acceptors (Lipinski definition) is 3. The van der Waals surface area contributed by atoms with Crippen LogP contribution in [0, 0.1) is 25.2 Å². The average Bonchev–Trinajstić information content (AvgIpc) is 2.49. The van der Waals surface area contributed by atoms with Crippen LogP contribution in [0.25, 0.3) is 0 Å². The molecule has 0 aliphatic carbocycles. The molecule has 6 heteroatoms. The number of benzene rings is 1. The molecule has 0 radical (unpaired) electrons. The number of amides is 1. The number of halogens is 1. The molecule has 1 aromatic carbocycles. The maximum Gasteiger partial charge on any atom is 0.266 e. The normalized spacial score (nSPS) is 10.2. The fourth-order valence-corrected chi connectivity index (χ4v) is 2.68. The third kappa shape index (κ3) is 4.08. The average molecular weight is 374 g/mol. The van der Waals surface area contributed by atoms with Crippen LogP contribution in [0.1, 0.15) is 28.8 Å². The maximum atomic E-state index is 12.1. The zero-order valence-corrected chi connectivity index (χ0v) is 14.5. The van der Waals surface area contributed by atoms with Crippen molar-refractivity contribution in [2.75, 3.05) is 5.32 Å². The SMILES string of the molecule is Cc1[nH]c(=O)c(C#N)c(C)c1CCC(=O)Nc1ccc(Br)cc1. The summed E-state index contributed by atoms with van der Waals surface area (Å²) in [5.74, 6) is -0.115. The van der Waals surface area contributed by atoms with Crippen molar-refractivity contribution >= 4 is 27.5 Å². The Kier molecular flexibility index (Phi) is 5.35. The van der Waals surface area contributed by atoms with Crippen LogP contribution in [0.15, 0.2) is 33.5 Å². The summed E-state index contributed by atoms with van der Waals surface area (Å²) in [7, 11) is 0. The van der Waals surface area contributed by atoms with Crippen molar-refractivity contribution in [3.05, 3.63) is 61.5 Å². The van der Waals surface area contributed by atoms with Crippen molar-refractivity contribution in [3.8, 4) is 6.07 Å². The van der Waals surface area contributed by atoms with E-state index in [9.17, 15) is 9.59 Å². The number of carbonyl (C=O) groups excluding carboxylic acids is 1. The van der Waals surface area contributed by atoms with Crippen molar-refractivity contribution in [2.24, 2.45) is 0 Å². The van der Waals surface area contributed by atoms with Crippen LogP contribution in [-0.4, -0.2) is 10.9 Å². The van der Waals surface area contributed by atoms with Gasteiger partial charge in [0.05, 0.1) is 0 Å². The Morgan fingerprint density at radius 3 is 2.57 bits per heavy atom. The van der Waals surface area contributed by atoms with Crippen LogP contribution in [0.2, 0.25) is 0 Å². The van der Waals surface area contributed by atoms with E-state index in [-0.39, 0.29) is 23.5 Å². The zero-order chi connectivity index (χ0) is 17.0. The van der Waals surface area contributed by atoms with Crippen LogP contribution in [-0.2, 0) is 11.2 Å². The fourth-order valence-electron chi connectivity index (χ4n) is 2.42. The minimum Gasteiger partial charge on any atom is -0.326 e. The third-order valence-corrected chi connectivity index (χ3v) is 4.18. The smallest absolute Gasteiger partial charge is 0.266 e. The zero-order valence-electron chi connectivity index (χ0n) is 12.9. The number of nitrogens with zero attached hydrogens (tertiary/aromatic N) is 1. The number of nitriles is 1. The lowest BCUT2D eigenvalue weighted by Crippen LogP contribution is -2.18. The standard InChI is InChI=1S/C17H16BrN3O2/c1-10-14(11(2)20-17(23)15(10)9-19)7-8-16(22)21-13-5-3-12(18)4-6-13/h3-6H,7-8H2,1-2H3,(H,20,23)(H,21,22). The molecule has 0 saturated carbocycles. The summed E-state index contributed by atoms with van der Waals surface area (Å²) >= 11 is 3.34. The van der Waals surface area contributed by atoms with Gasteiger partial charge in [-0.2, -0.15) is 5.26 Å². The van der Waals surface area contributed by atoms with Crippen molar-refractivity contribution in [2.45, 2.75) is 26.7 Å². The number of hydrogen-bond donors (Lipinski definition) is 2. The van der Waals surface area contributed by atoms with Gasteiger partial charge < -0.3 is 10.3 Å². The summed E-state index contributed by atoms with van der Waals surface area (Å²) in [6.45, 7) is 3.51. The number of carbonyl (C=O) groups is 1. The maximum absolute atomic E-state index is 12.1. The summed E-state index contributed by atoms with van der Waals surface area (Å²) in [6.07, 6.45) is 0.736. The molecule has 0 aliphatic heterocycles. The van der Waals surface area contributed by atoms with E-state index in [0.29, 0.717) is 17.7 Å².